The third-order valence-corrected chi connectivity index (χ3v) is 4.23. The Bertz CT molecular complexity index is 828. The molecule has 1 saturated heterocycles. The fourth-order valence-corrected chi connectivity index (χ4v) is 2.98. The molecule has 1 aliphatic rings. The van der Waals surface area contributed by atoms with Crippen LogP contribution < -0.4 is 9.80 Å². The van der Waals surface area contributed by atoms with Crippen molar-refractivity contribution in [1.29, 1.82) is 0 Å². The molecular weight excluding hydrogens is 288 g/mol. The van der Waals surface area contributed by atoms with Crippen molar-refractivity contribution in [3.63, 3.8) is 0 Å². The number of hydrogen-bond acceptors (Lipinski definition) is 5. The Morgan fingerprint density at radius 1 is 0.826 bits per heavy atom. The first kappa shape index (κ1) is 13.8. The summed E-state index contributed by atoms with van der Waals surface area (Å²) in [4.78, 5) is 13.8. The predicted octanol–water partition coefficient (Wildman–Crippen LogP) is 2.66. The lowest BCUT2D eigenvalue weighted by Gasteiger charge is -2.36. The number of aromatic nitrogens is 2. The highest BCUT2D eigenvalue weighted by Gasteiger charge is 2.19. The molecule has 1 aliphatic heterocycles. The zero-order chi connectivity index (χ0) is 15.6. The van der Waals surface area contributed by atoms with Gasteiger partial charge in [-0.25, -0.2) is 4.98 Å². The number of para-hydroxylation sites is 2. The van der Waals surface area contributed by atoms with Gasteiger partial charge in [-0.3, -0.25) is 4.98 Å². The van der Waals surface area contributed by atoms with Gasteiger partial charge in [0.25, 0.3) is 0 Å². The van der Waals surface area contributed by atoms with Crippen LogP contribution in [0.1, 0.15) is 0 Å². The molecule has 23 heavy (non-hydrogen) atoms. The van der Waals surface area contributed by atoms with E-state index in [1.54, 1.807) is 6.07 Å². The fourth-order valence-electron chi connectivity index (χ4n) is 2.98. The van der Waals surface area contributed by atoms with Crippen LogP contribution in [0.2, 0.25) is 0 Å². The third kappa shape index (κ3) is 2.77. The normalized spacial score (nSPS) is 15.1. The van der Waals surface area contributed by atoms with Crippen LogP contribution in [0.5, 0.6) is 5.75 Å². The molecule has 1 N–H and O–H groups in total. The van der Waals surface area contributed by atoms with E-state index in [2.05, 4.69) is 14.8 Å². The molecular formula is C18H18N4O. The van der Waals surface area contributed by atoms with E-state index in [4.69, 9.17) is 4.98 Å². The summed E-state index contributed by atoms with van der Waals surface area (Å²) >= 11 is 0. The average molecular weight is 306 g/mol. The van der Waals surface area contributed by atoms with Gasteiger partial charge in [-0.05, 0) is 24.3 Å². The number of rotatable bonds is 2. The molecule has 0 aliphatic carbocycles. The molecule has 3 aromatic rings. The standard InChI is InChI=1S/C18H18N4O/c23-15-5-3-4-14(12-15)21-8-10-22(11-9-21)18-13-19-16-6-1-2-7-17(16)20-18/h1-7,12-13,23H,8-11H2. The molecule has 5 heteroatoms. The molecule has 2 heterocycles. The maximum atomic E-state index is 9.62. The molecule has 116 valence electrons. The number of phenolic OH excluding ortho intramolecular Hbond substituents is 1. The summed E-state index contributed by atoms with van der Waals surface area (Å²) in [5, 5.41) is 9.62. The van der Waals surface area contributed by atoms with Gasteiger partial charge in [-0.15, -0.1) is 0 Å². The van der Waals surface area contributed by atoms with Crippen molar-refractivity contribution < 1.29 is 5.11 Å². The zero-order valence-corrected chi connectivity index (χ0v) is 12.8. The van der Waals surface area contributed by atoms with Crippen LogP contribution in [0.25, 0.3) is 11.0 Å². The number of anilines is 2. The summed E-state index contributed by atoms with van der Waals surface area (Å²) < 4.78 is 0. The van der Waals surface area contributed by atoms with Gasteiger partial charge in [0.15, 0.2) is 0 Å². The molecule has 0 atom stereocenters. The van der Waals surface area contributed by atoms with Crippen molar-refractivity contribution in [2.24, 2.45) is 0 Å². The summed E-state index contributed by atoms with van der Waals surface area (Å²) in [6.45, 7) is 3.58. The second-order valence-corrected chi connectivity index (χ2v) is 5.71. The van der Waals surface area contributed by atoms with Crippen LogP contribution in [0.3, 0.4) is 0 Å². The quantitative estimate of drug-likeness (QED) is 0.789. The topological polar surface area (TPSA) is 52.5 Å². The molecule has 0 saturated carbocycles. The van der Waals surface area contributed by atoms with Crippen molar-refractivity contribution in [3.8, 4) is 5.75 Å². The molecule has 1 aromatic heterocycles. The molecule has 0 spiro atoms. The Hall–Kier alpha value is -2.82. The number of benzene rings is 2. The highest BCUT2D eigenvalue weighted by Crippen LogP contribution is 2.23. The first-order chi connectivity index (χ1) is 11.3. The van der Waals surface area contributed by atoms with E-state index in [0.717, 1.165) is 48.7 Å². The Morgan fingerprint density at radius 2 is 1.57 bits per heavy atom. The lowest BCUT2D eigenvalue weighted by molar-refractivity contribution is 0.475. The van der Waals surface area contributed by atoms with Crippen molar-refractivity contribution in [1.82, 2.24) is 9.97 Å². The van der Waals surface area contributed by atoms with Crippen molar-refractivity contribution in [3.05, 3.63) is 54.7 Å². The molecule has 0 bridgehead atoms. The number of fused-ring (bicyclic) bond motifs is 1. The van der Waals surface area contributed by atoms with Gasteiger partial charge in [-0.2, -0.15) is 0 Å². The Labute approximate surface area is 134 Å². The number of hydrogen-bond donors (Lipinski definition) is 1. The summed E-state index contributed by atoms with van der Waals surface area (Å²) in [6, 6.07) is 15.4. The first-order valence-corrected chi connectivity index (χ1v) is 7.80. The minimum atomic E-state index is 0.310. The second kappa shape index (κ2) is 5.76. The van der Waals surface area contributed by atoms with E-state index >= 15 is 0 Å². The van der Waals surface area contributed by atoms with Crippen molar-refractivity contribution >= 4 is 22.5 Å². The van der Waals surface area contributed by atoms with E-state index in [1.807, 2.05) is 48.7 Å². The van der Waals surface area contributed by atoms with E-state index in [0.29, 0.717) is 5.75 Å². The van der Waals surface area contributed by atoms with Crippen LogP contribution in [0.15, 0.2) is 54.7 Å². The third-order valence-electron chi connectivity index (χ3n) is 4.23. The van der Waals surface area contributed by atoms with Gasteiger partial charge in [0.1, 0.15) is 11.6 Å². The number of phenols is 1. The number of nitrogens with zero attached hydrogens (tertiary/aromatic N) is 4. The Kier molecular flexibility index (Phi) is 3.46. The van der Waals surface area contributed by atoms with Crippen LogP contribution in [0.4, 0.5) is 11.5 Å². The predicted molar refractivity (Wildman–Crippen MR) is 92.1 cm³/mol. The summed E-state index contributed by atoms with van der Waals surface area (Å²) in [5.74, 6) is 1.24. The highest BCUT2D eigenvalue weighted by atomic mass is 16.3. The summed E-state index contributed by atoms with van der Waals surface area (Å²) in [5.41, 5.74) is 2.92. The van der Waals surface area contributed by atoms with Gasteiger partial charge in [0, 0.05) is 37.9 Å². The first-order valence-electron chi connectivity index (χ1n) is 7.80. The molecule has 4 rings (SSSR count). The van der Waals surface area contributed by atoms with Crippen molar-refractivity contribution in [2.75, 3.05) is 36.0 Å². The lowest BCUT2D eigenvalue weighted by Crippen LogP contribution is -2.46. The van der Waals surface area contributed by atoms with Gasteiger partial charge >= 0.3 is 0 Å². The highest BCUT2D eigenvalue weighted by molar-refractivity contribution is 5.75. The largest absolute Gasteiger partial charge is 0.508 e. The molecule has 0 unspecified atom stereocenters. The smallest absolute Gasteiger partial charge is 0.147 e. The van der Waals surface area contributed by atoms with E-state index in [1.165, 1.54) is 0 Å². The molecule has 1 fully saturated rings. The Balaban J connectivity index is 1.50. The second-order valence-electron chi connectivity index (χ2n) is 5.71. The van der Waals surface area contributed by atoms with Crippen LogP contribution in [-0.4, -0.2) is 41.3 Å². The van der Waals surface area contributed by atoms with Gasteiger partial charge in [-0.1, -0.05) is 18.2 Å². The van der Waals surface area contributed by atoms with Crippen LogP contribution in [-0.2, 0) is 0 Å². The Morgan fingerprint density at radius 3 is 2.35 bits per heavy atom. The van der Waals surface area contributed by atoms with Crippen LogP contribution in [0, 0.1) is 0 Å². The van der Waals surface area contributed by atoms with E-state index in [-0.39, 0.29) is 0 Å². The van der Waals surface area contributed by atoms with E-state index in [9.17, 15) is 5.11 Å². The summed E-state index contributed by atoms with van der Waals surface area (Å²) in [7, 11) is 0. The maximum absolute atomic E-state index is 9.62. The summed E-state index contributed by atoms with van der Waals surface area (Å²) in [6.07, 6.45) is 1.85. The molecule has 2 aromatic carbocycles. The van der Waals surface area contributed by atoms with Crippen LogP contribution >= 0.6 is 0 Å². The van der Waals surface area contributed by atoms with Gasteiger partial charge in [0.05, 0.1) is 17.2 Å². The zero-order valence-electron chi connectivity index (χ0n) is 12.8. The fraction of sp³-hybridized carbons (Fsp3) is 0.222. The SMILES string of the molecule is Oc1cccc(N2CCN(c3cnc4ccccc4n3)CC2)c1. The lowest BCUT2D eigenvalue weighted by atomic mass is 10.2. The van der Waals surface area contributed by atoms with Gasteiger partial charge in [0.2, 0.25) is 0 Å². The number of aromatic hydroxyl groups is 1. The van der Waals surface area contributed by atoms with E-state index < -0.39 is 0 Å². The van der Waals surface area contributed by atoms with Crippen molar-refractivity contribution in [2.45, 2.75) is 0 Å². The molecule has 0 amide bonds. The minimum Gasteiger partial charge on any atom is -0.508 e. The monoisotopic (exact) mass is 306 g/mol. The van der Waals surface area contributed by atoms with Gasteiger partial charge < -0.3 is 14.9 Å². The number of piperazine rings is 1. The molecule has 0 radical (unpaired) electrons. The average Bonchev–Trinajstić information content (AvgIpc) is 2.61. The molecule has 5 nitrogen and oxygen atoms in total. The minimum absolute atomic E-state index is 0.310. The maximum Gasteiger partial charge on any atom is 0.147 e.